The largest absolute Gasteiger partial charge is 0.464 e. The number of allylic oxidation sites excluding steroid dienone is 2. The summed E-state index contributed by atoms with van der Waals surface area (Å²) in [6.07, 6.45) is 4.76. The molecule has 1 atom stereocenters. The summed E-state index contributed by atoms with van der Waals surface area (Å²) in [7, 11) is 0. The standard InChI is InChI=1S/C34H47N5O7S2/c1-20(39(19-40)18-24-17-37-21(2)38-29(24)36)23(10-12-28(47)48)13-14-44-30(41)25(35)15-22-9-11-26(45-31(42)33(3,4)5)27(16-22)46-32(43)34(6,7)8/h9,11-12,16-17,19,25,47-48H,10,13-15,18,35H2,1-8H3,(H2,36,37,38). The lowest BCUT2D eigenvalue weighted by molar-refractivity contribution is -0.145. The van der Waals surface area contributed by atoms with Gasteiger partial charge >= 0.3 is 17.9 Å². The molecule has 0 saturated carbocycles. The number of esters is 3. The van der Waals surface area contributed by atoms with Gasteiger partial charge < -0.3 is 30.6 Å². The molecule has 0 fully saturated rings. The van der Waals surface area contributed by atoms with E-state index in [1.165, 1.54) is 17.0 Å². The van der Waals surface area contributed by atoms with E-state index in [-0.39, 0.29) is 36.9 Å². The molecule has 12 nitrogen and oxygen atoms in total. The number of rotatable bonds is 14. The number of anilines is 1. The van der Waals surface area contributed by atoms with Crippen LogP contribution >= 0.6 is 25.3 Å². The van der Waals surface area contributed by atoms with Crippen LogP contribution in [0.3, 0.4) is 0 Å². The fourth-order valence-electron chi connectivity index (χ4n) is 3.97. The molecular formula is C34H47N5O7S2. The molecule has 14 heteroatoms. The van der Waals surface area contributed by atoms with Gasteiger partial charge in [-0.1, -0.05) is 12.1 Å². The van der Waals surface area contributed by atoms with Crippen molar-refractivity contribution in [1.82, 2.24) is 14.9 Å². The number of amides is 1. The first-order valence-corrected chi connectivity index (χ1v) is 16.2. The molecule has 0 saturated heterocycles. The number of ether oxygens (including phenoxy) is 3. The third kappa shape index (κ3) is 12.6. The number of carbonyl (C=O) groups excluding carboxylic acids is 4. The molecule has 2 aromatic rings. The van der Waals surface area contributed by atoms with E-state index < -0.39 is 34.8 Å². The van der Waals surface area contributed by atoms with Gasteiger partial charge in [0.1, 0.15) is 17.7 Å². The zero-order valence-electron chi connectivity index (χ0n) is 28.8. The van der Waals surface area contributed by atoms with Gasteiger partial charge in [0.2, 0.25) is 6.41 Å². The summed E-state index contributed by atoms with van der Waals surface area (Å²) >= 11 is 8.45. The molecule has 0 aliphatic carbocycles. The van der Waals surface area contributed by atoms with Gasteiger partial charge in [-0.2, -0.15) is 0 Å². The number of thiol groups is 2. The van der Waals surface area contributed by atoms with E-state index in [2.05, 4.69) is 35.2 Å². The Bertz CT molecular complexity index is 1560. The Kier molecular flexibility index (Phi) is 14.7. The van der Waals surface area contributed by atoms with Gasteiger partial charge in [-0.25, -0.2) is 9.97 Å². The minimum absolute atomic E-state index is 0.0138. The molecule has 4 N–H and O–H groups in total. The molecule has 48 heavy (non-hydrogen) atoms. The number of benzene rings is 1. The maximum atomic E-state index is 12.9. The Balaban J connectivity index is 2.19. The van der Waals surface area contributed by atoms with Crippen LogP contribution in [0.5, 0.6) is 11.5 Å². The number of nitrogen functional groups attached to an aromatic ring is 1. The van der Waals surface area contributed by atoms with Gasteiger partial charge in [0.15, 0.2) is 11.5 Å². The van der Waals surface area contributed by atoms with E-state index in [0.29, 0.717) is 46.1 Å². The summed E-state index contributed by atoms with van der Waals surface area (Å²) in [6, 6.07) is 3.60. The highest BCUT2D eigenvalue weighted by molar-refractivity contribution is 8.05. The van der Waals surface area contributed by atoms with Gasteiger partial charge in [0, 0.05) is 28.1 Å². The molecule has 0 aliphatic heterocycles. The molecule has 2 rings (SSSR count). The van der Waals surface area contributed by atoms with Crippen LogP contribution in [0.15, 0.2) is 46.0 Å². The van der Waals surface area contributed by atoms with Crippen LogP contribution in [0.4, 0.5) is 5.82 Å². The van der Waals surface area contributed by atoms with E-state index >= 15 is 0 Å². The molecule has 0 spiro atoms. The Morgan fingerprint density at radius 1 is 1.02 bits per heavy atom. The van der Waals surface area contributed by atoms with Crippen LogP contribution in [0.1, 0.15) is 78.3 Å². The number of aryl methyl sites for hydroxylation is 1. The second kappa shape index (κ2) is 17.5. The lowest BCUT2D eigenvalue weighted by Crippen LogP contribution is -2.34. The topological polar surface area (TPSA) is 177 Å². The van der Waals surface area contributed by atoms with Gasteiger partial charge in [-0.15, -0.1) is 25.3 Å². The highest BCUT2D eigenvalue weighted by Gasteiger charge is 2.29. The van der Waals surface area contributed by atoms with Crippen molar-refractivity contribution in [3.63, 3.8) is 0 Å². The number of nitrogens with zero attached hydrogens (tertiary/aromatic N) is 3. The van der Waals surface area contributed by atoms with Crippen LogP contribution in [0.2, 0.25) is 0 Å². The quantitative estimate of drug-likeness (QED) is 0.0892. The summed E-state index contributed by atoms with van der Waals surface area (Å²) in [5, 5.41) is 0. The second-order valence-corrected chi connectivity index (χ2v) is 14.6. The number of aromatic nitrogens is 2. The predicted octanol–water partition coefficient (Wildman–Crippen LogP) is 5.10. The van der Waals surface area contributed by atoms with E-state index in [9.17, 15) is 19.2 Å². The van der Waals surface area contributed by atoms with Crippen LogP contribution in [0.25, 0.3) is 0 Å². The van der Waals surface area contributed by atoms with E-state index in [1.54, 1.807) is 73.7 Å². The first kappa shape index (κ1) is 40.3. The third-order valence-corrected chi connectivity index (χ3v) is 7.37. The number of carbonyl (C=O) groups is 4. The molecule has 1 unspecified atom stereocenters. The summed E-state index contributed by atoms with van der Waals surface area (Å²) in [5.74, 6) is -0.784. The fourth-order valence-corrected chi connectivity index (χ4v) is 4.15. The Labute approximate surface area is 293 Å². The summed E-state index contributed by atoms with van der Waals surface area (Å²) < 4.78 is 17.1. The molecular weight excluding hydrogens is 655 g/mol. The zero-order chi connectivity index (χ0) is 36.4. The average molecular weight is 702 g/mol. The van der Waals surface area contributed by atoms with Crippen molar-refractivity contribution in [3.05, 3.63) is 62.9 Å². The Morgan fingerprint density at radius 2 is 1.62 bits per heavy atom. The fraction of sp³-hybridized carbons (Fsp3) is 0.471. The van der Waals surface area contributed by atoms with E-state index in [0.717, 1.165) is 5.57 Å². The van der Waals surface area contributed by atoms with Gasteiger partial charge in [-0.05, 0) is 91.5 Å². The zero-order valence-corrected chi connectivity index (χ0v) is 30.6. The van der Waals surface area contributed by atoms with Crippen LogP contribution in [-0.4, -0.2) is 51.8 Å². The highest BCUT2D eigenvalue weighted by atomic mass is 32.2. The van der Waals surface area contributed by atoms with Crippen LogP contribution in [0, 0.1) is 17.8 Å². The van der Waals surface area contributed by atoms with Crippen molar-refractivity contribution in [2.75, 3.05) is 12.3 Å². The van der Waals surface area contributed by atoms with Gasteiger partial charge in [0.25, 0.3) is 0 Å². The first-order valence-electron chi connectivity index (χ1n) is 15.3. The highest BCUT2D eigenvalue weighted by Crippen LogP contribution is 2.33. The van der Waals surface area contributed by atoms with Gasteiger partial charge in [-0.3, -0.25) is 19.2 Å². The van der Waals surface area contributed by atoms with Crippen molar-refractivity contribution in [3.8, 4) is 11.5 Å². The average Bonchev–Trinajstić information content (AvgIpc) is 2.98. The second-order valence-electron chi connectivity index (χ2n) is 13.3. The Hall–Kier alpha value is -3.88. The van der Waals surface area contributed by atoms with Crippen molar-refractivity contribution >= 4 is 55.4 Å². The molecule has 0 aliphatic rings. The van der Waals surface area contributed by atoms with Crippen molar-refractivity contribution < 1.29 is 33.4 Å². The maximum Gasteiger partial charge on any atom is 0.323 e. The smallest absolute Gasteiger partial charge is 0.323 e. The maximum absolute atomic E-state index is 12.9. The number of hydrogen-bond donors (Lipinski definition) is 4. The van der Waals surface area contributed by atoms with Crippen LogP contribution in [-0.2, 0) is 36.9 Å². The minimum Gasteiger partial charge on any atom is -0.464 e. The molecule has 262 valence electrons. The lowest BCUT2D eigenvalue weighted by atomic mass is 9.97. The summed E-state index contributed by atoms with van der Waals surface area (Å²) in [6.45, 7) is 13.9. The minimum atomic E-state index is -1.05. The molecule has 0 bridgehead atoms. The molecule has 1 aromatic carbocycles. The van der Waals surface area contributed by atoms with Crippen molar-refractivity contribution in [2.45, 2.75) is 87.2 Å². The van der Waals surface area contributed by atoms with E-state index in [4.69, 9.17) is 25.7 Å². The first-order chi connectivity index (χ1) is 22.2. The molecule has 1 amide bonds. The SMILES string of the molecule is CC(=C(CC=C(S)S)CCOC(=O)C(N)Cc1ccc(OC(=O)C(C)(C)C)c(OC(=O)C(C)(C)C)c1)N(C=O)Cc1cnc(C)nc1N. The summed E-state index contributed by atoms with van der Waals surface area (Å²) in [5.41, 5.74) is 13.2. The van der Waals surface area contributed by atoms with E-state index in [1.807, 2.05) is 0 Å². The normalized spacial score (nSPS) is 12.7. The van der Waals surface area contributed by atoms with Crippen LogP contribution < -0.4 is 20.9 Å². The van der Waals surface area contributed by atoms with Crippen molar-refractivity contribution in [2.24, 2.45) is 16.6 Å². The molecule has 0 radical (unpaired) electrons. The Morgan fingerprint density at radius 3 is 2.17 bits per heavy atom. The number of hydrogen-bond acceptors (Lipinski definition) is 13. The van der Waals surface area contributed by atoms with Gasteiger partial charge in [0.05, 0.1) is 24.0 Å². The monoisotopic (exact) mass is 701 g/mol. The van der Waals surface area contributed by atoms with Crippen molar-refractivity contribution in [1.29, 1.82) is 0 Å². The summed E-state index contributed by atoms with van der Waals surface area (Å²) in [4.78, 5) is 60.1. The predicted molar refractivity (Wildman–Crippen MR) is 190 cm³/mol. The molecule has 1 aromatic heterocycles. The lowest BCUT2D eigenvalue weighted by Gasteiger charge is -2.22. The molecule has 1 heterocycles. The third-order valence-electron chi connectivity index (χ3n) is 7.00. The number of nitrogens with two attached hydrogens (primary N) is 2.